The lowest BCUT2D eigenvalue weighted by molar-refractivity contribution is -0.114. The zero-order chi connectivity index (χ0) is 20.1. The predicted octanol–water partition coefficient (Wildman–Crippen LogP) is 4.19. The van der Waals surface area contributed by atoms with Gasteiger partial charge in [-0.1, -0.05) is 11.8 Å². The summed E-state index contributed by atoms with van der Waals surface area (Å²) in [5.74, 6) is -0.551. The minimum atomic E-state index is -0.346. The van der Waals surface area contributed by atoms with Gasteiger partial charge in [0.05, 0.1) is 23.9 Å². The Morgan fingerprint density at radius 2 is 2.21 bits per heavy atom. The van der Waals surface area contributed by atoms with Crippen molar-refractivity contribution >= 4 is 68.7 Å². The van der Waals surface area contributed by atoms with E-state index in [1.807, 2.05) is 6.26 Å². The fourth-order valence-electron chi connectivity index (χ4n) is 2.14. The van der Waals surface area contributed by atoms with E-state index < -0.39 is 0 Å². The standard InChI is InChI=1S/C16H15N7O3S2/c1-8(24)19-12-5-9(4-11(13(12)25)18-7-26-2)21-22-15-10-6-17-16(27-3)20-14(10)23-28-15/h4-7,25H,1-3H3,(H,19,24)/b18-7+,22-21+. The fraction of sp³-hybridized carbons (Fsp3) is 0.188. The number of phenols is 1. The number of hydrogen-bond donors (Lipinski definition) is 2. The van der Waals surface area contributed by atoms with Gasteiger partial charge in [-0.3, -0.25) is 4.79 Å². The number of ether oxygens (including phenoxy) is 1. The van der Waals surface area contributed by atoms with Crippen LogP contribution in [0.15, 0.2) is 38.7 Å². The maximum Gasteiger partial charge on any atom is 0.221 e. The van der Waals surface area contributed by atoms with E-state index >= 15 is 0 Å². The van der Waals surface area contributed by atoms with Gasteiger partial charge in [-0.15, -0.1) is 10.2 Å². The van der Waals surface area contributed by atoms with Crippen LogP contribution in [0.2, 0.25) is 0 Å². The Balaban J connectivity index is 1.98. The van der Waals surface area contributed by atoms with Crippen LogP contribution in [0.3, 0.4) is 0 Å². The Labute approximate surface area is 168 Å². The van der Waals surface area contributed by atoms with Crippen LogP contribution in [0.25, 0.3) is 11.0 Å². The smallest absolute Gasteiger partial charge is 0.221 e. The molecule has 0 aliphatic carbocycles. The Morgan fingerprint density at radius 1 is 1.39 bits per heavy atom. The first-order chi connectivity index (χ1) is 13.5. The lowest BCUT2D eigenvalue weighted by Gasteiger charge is -2.08. The van der Waals surface area contributed by atoms with E-state index in [4.69, 9.17) is 4.74 Å². The maximum absolute atomic E-state index is 11.4. The third-order valence-electron chi connectivity index (χ3n) is 3.32. The molecule has 2 aromatic heterocycles. The summed E-state index contributed by atoms with van der Waals surface area (Å²) in [5, 5.41) is 23.0. The lowest BCUT2D eigenvalue weighted by atomic mass is 10.2. The number of aromatic hydroxyl groups is 1. The predicted molar refractivity (Wildman–Crippen MR) is 109 cm³/mol. The summed E-state index contributed by atoms with van der Waals surface area (Å²) < 4.78 is 9.04. The summed E-state index contributed by atoms with van der Waals surface area (Å²) in [4.78, 5) is 23.9. The highest BCUT2D eigenvalue weighted by molar-refractivity contribution is 7.98. The molecule has 0 saturated heterocycles. The Hall–Kier alpha value is -3.12. The molecule has 0 unspecified atom stereocenters. The highest BCUT2D eigenvalue weighted by Crippen LogP contribution is 2.39. The molecule has 1 amide bonds. The van der Waals surface area contributed by atoms with Crippen LogP contribution in [0.5, 0.6) is 5.75 Å². The van der Waals surface area contributed by atoms with E-state index in [1.54, 1.807) is 6.20 Å². The first-order valence-electron chi connectivity index (χ1n) is 7.80. The number of benzene rings is 1. The average Bonchev–Trinajstić information content (AvgIpc) is 3.09. The molecule has 10 nitrogen and oxygen atoms in total. The highest BCUT2D eigenvalue weighted by atomic mass is 32.2. The first-order valence-corrected chi connectivity index (χ1v) is 9.79. The van der Waals surface area contributed by atoms with Crippen LogP contribution in [0, 0.1) is 0 Å². The van der Waals surface area contributed by atoms with E-state index in [-0.39, 0.29) is 23.0 Å². The number of thioether (sulfide) groups is 1. The molecule has 2 heterocycles. The number of aromatic nitrogens is 3. The molecule has 144 valence electrons. The maximum atomic E-state index is 11.4. The van der Waals surface area contributed by atoms with Crippen molar-refractivity contribution < 1.29 is 14.6 Å². The van der Waals surface area contributed by atoms with Gasteiger partial charge in [0.15, 0.2) is 28.0 Å². The van der Waals surface area contributed by atoms with E-state index in [1.165, 1.54) is 37.9 Å². The Kier molecular flexibility index (Phi) is 6.11. The number of azo groups is 1. The molecule has 0 aliphatic rings. The summed E-state index contributed by atoms with van der Waals surface area (Å²) >= 11 is 2.57. The minimum absolute atomic E-state index is 0.161. The number of methoxy groups -OCH3 is 1. The number of amides is 1. The topological polar surface area (TPSA) is 134 Å². The number of anilines is 1. The minimum Gasteiger partial charge on any atom is -0.504 e. The van der Waals surface area contributed by atoms with E-state index in [0.29, 0.717) is 26.9 Å². The summed E-state index contributed by atoms with van der Waals surface area (Å²) in [6.07, 6.45) is 4.69. The second kappa shape index (κ2) is 8.71. The highest BCUT2D eigenvalue weighted by Gasteiger charge is 2.12. The largest absolute Gasteiger partial charge is 0.504 e. The van der Waals surface area contributed by atoms with Crippen LogP contribution in [-0.2, 0) is 9.53 Å². The molecular weight excluding hydrogens is 402 g/mol. The fourth-order valence-corrected chi connectivity index (χ4v) is 3.11. The molecule has 12 heteroatoms. The molecule has 0 atom stereocenters. The average molecular weight is 417 g/mol. The van der Waals surface area contributed by atoms with Gasteiger partial charge in [0.1, 0.15) is 5.69 Å². The zero-order valence-electron chi connectivity index (χ0n) is 15.1. The van der Waals surface area contributed by atoms with Crippen molar-refractivity contribution in [3.63, 3.8) is 0 Å². The second-order valence-electron chi connectivity index (χ2n) is 5.29. The lowest BCUT2D eigenvalue weighted by Crippen LogP contribution is -2.05. The number of carbonyl (C=O) groups is 1. The number of fused-ring (bicyclic) bond motifs is 1. The summed E-state index contributed by atoms with van der Waals surface area (Å²) in [7, 11) is 1.43. The number of hydrogen-bond acceptors (Lipinski definition) is 11. The molecule has 28 heavy (non-hydrogen) atoms. The quantitative estimate of drug-likeness (QED) is 0.153. The molecule has 0 radical (unpaired) electrons. The Bertz CT molecular complexity index is 1080. The summed E-state index contributed by atoms with van der Waals surface area (Å²) in [6.45, 7) is 1.33. The third kappa shape index (κ3) is 4.40. The first kappa shape index (κ1) is 19.6. The van der Waals surface area contributed by atoms with Crippen molar-refractivity contribution in [2.45, 2.75) is 12.1 Å². The van der Waals surface area contributed by atoms with Crippen molar-refractivity contribution in [1.82, 2.24) is 14.3 Å². The van der Waals surface area contributed by atoms with Crippen molar-refractivity contribution in [3.05, 3.63) is 18.3 Å². The molecule has 1 aromatic carbocycles. The van der Waals surface area contributed by atoms with Gasteiger partial charge in [-0.25, -0.2) is 15.0 Å². The normalized spacial score (nSPS) is 11.5. The number of carbonyl (C=O) groups excluding carboxylic acids is 1. The van der Waals surface area contributed by atoms with Crippen molar-refractivity contribution in [2.75, 3.05) is 18.7 Å². The Morgan fingerprint density at radius 3 is 2.93 bits per heavy atom. The van der Waals surface area contributed by atoms with Gasteiger partial charge < -0.3 is 15.2 Å². The number of nitrogens with zero attached hydrogens (tertiary/aromatic N) is 6. The van der Waals surface area contributed by atoms with Gasteiger partial charge in [-0.05, 0) is 29.9 Å². The van der Waals surface area contributed by atoms with Gasteiger partial charge in [0.2, 0.25) is 5.91 Å². The number of phenolic OH excluding ortho intramolecular Hbond substituents is 1. The third-order valence-corrected chi connectivity index (χ3v) is 4.62. The number of rotatable bonds is 6. The molecular formula is C16H15N7O3S2. The van der Waals surface area contributed by atoms with Crippen molar-refractivity contribution in [3.8, 4) is 5.75 Å². The molecule has 0 bridgehead atoms. The SMILES string of the molecule is CO/C=N/c1cc(/N=N/c2snc3nc(SC)ncc23)cc(NC(C)=O)c1O. The zero-order valence-corrected chi connectivity index (χ0v) is 16.7. The van der Waals surface area contributed by atoms with Gasteiger partial charge >= 0.3 is 0 Å². The van der Waals surface area contributed by atoms with Gasteiger partial charge in [0, 0.05) is 13.1 Å². The van der Waals surface area contributed by atoms with Crippen LogP contribution in [0.4, 0.5) is 22.1 Å². The van der Waals surface area contributed by atoms with E-state index in [0.717, 1.165) is 17.9 Å². The molecule has 2 N–H and O–H groups in total. The summed E-state index contributed by atoms with van der Waals surface area (Å²) in [6, 6.07) is 2.99. The van der Waals surface area contributed by atoms with E-state index in [9.17, 15) is 9.90 Å². The van der Waals surface area contributed by atoms with E-state index in [2.05, 4.69) is 34.9 Å². The van der Waals surface area contributed by atoms with Crippen LogP contribution >= 0.6 is 23.3 Å². The van der Waals surface area contributed by atoms with Crippen LogP contribution < -0.4 is 5.32 Å². The second-order valence-corrected chi connectivity index (χ2v) is 6.82. The number of nitrogens with one attached hydrogen (secondary N) is 1. The monoisotopic (exact) mass is 417 g/mol. The molecule has 0 spiro atoms. The number of aliphatic imine (C=N–C) groups is 1. The van der Waals surface area contributed by atoms with Gasteiger partial charge in [-0.2, -0.15) is 4.37 Å². The van der Waals surface area contributed by atoms with Gasteiger partial charge in [0.25, 0.3) is 0 Å². The van der Waals surface area contributed by atoms with Crippen LogP contribution in [0.1, 0.15) is 6.92 Å². The van der Waals surface area contributed by atoms with Crippen molar-refractivity contribution in [1.29, 1.82) is 0 Å². The molecule has 0 saturated carbocycles. The summed E-state index contributed by atoms with van der Waals surface area (Å²) in [5.41, 5.74) is 1.25. The molecule has 0 aliphatic heterocycles. The van der Waals surface area contributed by atoms with Crippen molar-refractivity contribution in [2.24, 2.45) is 15.2 Å². The van der Waals surface area contributed by atoms with Crippen LogP contribution in [-0.4, -0.2) is 45.1 Å². The molecule has 0 fully saturated rings. The molecule has 3 aromatic rings. The molecule has 3 rings (SSSR count).